The maximum absolute atomic E-state index is 6.04. The molecule has 0 saturated heterocycles. The van der Waals surface area contributed by atoms with Crippen LogP contribution in [0.4, 0.5) is 0 Å². The summed E-state index contributed by atoms with van der Waals surface area (Å²) in [6.45, 7) is 0.730. The van der Waals surface area contributed by atoms with Crippen molar-refractivity contribution in [3.8, 4) is 11.6 Å². The number of rotatable bonds is 4. The van der Waals surface area contributed by atoms with Crippen LogP contribution in [0.2, 0.25) is 15.1 Å². The average Bonchev–Trinajstić information content (AvgIpc) is 2.37. The maximum Gasteiger partial charge on any atom is 0.219 e. The molecule has 19 heavy (non-hydrogen) atoms. The minimum absolute atomic E-state index is 0.382. The predicted octanol–water partition coefficient (Wildman–Crippen LogP) is 4.55. The Morgan fingerprint density at radius 1 is 1.11 bits per heavy atom. The molecule has 0 spiro atoms. The molecule has 0 saturated carbocycles. The van der Waals surface area contributed by atoms with Crippen LogP contribution in [-0.2, 0) is 6.54 Å². The van der Waals surface area contributed by atoms with E-state index in [1.54, 1.807) is 12.3 Å². The van der Waals surface area contributed by atoms with Gasteiger partial charge in [-0.05, 0) is 24.7 Å². The van der Waals surface area contributed by atoms with Gasteiger partial charge in [-0.2, -0.15) is 0 Å². The zero-order valence-electron chi connectivity index (χ0n) is 10.1. The van der Waals surface area contributed by atoms with E-state index >= 15 is 0 Å². The van der Waals surface area contributed by atoms with Crippen LogP contribution in [0.15, 0.2) is 30.5 Å². The second-order valence-corrected chi connectivity index (χ2v) is 5.05. The van der Waals surface area contributed by atoms with Crippen LogP contribution in [0.3, 0.4) is 0 Å². The summed E-state index contributed by atoms with van der Waals surface area (Å²) in [6, 6.07) is 6.84. The van der Waals surface area contributed by atoms with Gasteiger partial charge >= 0.3 is 0 Å². The molecule has 100 valence electrons. The number of hydrogen-bond acceptors (Lipinski definition) is 3. The lowest BCUT2D eigenvalue weighted by Crippen LogP contribution is -2.05. The molecule has 0 fully saturated rings. The number of nitrogens with zero attached hydrogens (tertiary/aromatic N) is 1. The van der Waals surface area contributed by atoms with E-state index in [1.165, 1.54) is 6.07 Å². The van der Waals surface area contributed by atoms with Crippen LogP contribution >= 0.6 is 34.8 Å². The second-order valence-electron chi connectivity index (χ2n) is 3.83. The third-order valence-corrected chi connectivity index (χ3v) is 3.39. The van der Waals surface area contributed by atoms with Gasteiger partial charge in [0.15, 0.2) is 0 Å². The Hall–Kier alpha value is -1.000. The molecule has 1 N–H and O–H groups in total. The van der Waals surface area contributed by atoms with Crippen LogP contribution in [0.1, 0.15) is 5.56 Å². The molecule has 1 heterocycles. The van der Waals surface area contributed by atoms with Crippen molar-refractivity contribution in [3.63, 3.8) is 0 Å². The van der Waals surface area contributed by atoms with Crippen molar-refractivity contribution in [1.82, 2.24) is 10.3 Å². The van der Waals surface area contributed by atoms with Gasteiger partial charge in [-0.3, -0.25) is 0 Å². The highest BCUT2D eigenvalue weighted by molar-refractivity contribution is 6.43. The lowest BCUT2D eigenvalue weighted by atomic mass is 10.2. The van der Waals surface area contributed by atoms with Crippen molar-refractivity contribution in [1.29, 1.82) is 0 Å². The van der Waals surface area contributed by atoms with Crippen molar-refractivity contribution in [3.05, 3.63) is 51.1 Å². The smallest absolute Gasteiger partial charge is 0.219 e. The number of aromatic nitrogens is 1. The number of halogens is 3. The predicted molar refractivity (Wildman–Crippen MR) is 78.5 cm³/mol. The van der Waals surface area contributed by atoms with Crippen molar-refractivity contribution in [2.24, 2.45) is 0 Å². The molecule has 0 amide bonds. The van der Waals surface area contributed by atoms with Gasteiger partial charge in [0.1, 0.15) is 5.75 Å². The Kier molecular flexibility index (Phi) is 4.88. The summed E-state index contributed by atoms with van der Waals surface area (Å²) in [4.78, 5) is 4.13. The van der Waals surface area contributed by atoms with Gasteiger partial charge in [-0.25, -0.2) is 4.98 Å². The Bertz CT molecular complexity index is 590. The van der Waals surface area contributed by atoms with Gasteiger partial charge in [0, 0.05) is 24.9 Å². The summed E-state index contributed by atoms with van der Waals surface area (Å²) in [7, 11) is 1.87. The number of hydrogen-bond donors (Lipinski definition) is 1. The van der Waals surface area contributed by atoms with E-state index in [9.17, 15) is 0 Å². The molecule has 2 aromatic rings. The van der Waals surface area contributed by atoms with Crippen molar-refractivity contribution < 1.29 is 4.74 Å². The fourth-order valence-electron chi connectivity index (χ4n) is 1.52. The van der Waals surface area contributed by atoms with Gasteiger partial charge in [0.05, 0.1) is 15.1 Å². The third-order valence-electron chi connectivity index (χ3n) is 2.37. The number of benzene rings is 1. The normalized spacial score (nSPS) is 10.5. The summed E-state index contributed by atoms with van der Waals surface area (Å²) in [6.07, 6.45) is 1.67. The first-order chi connectivity index (χ1) is 9.10. The molecule has 2 rings (SSSR count). The molecule has 1 aromatic carbocycles. The Labute approximate surface area is 126 Å². The second kappa shape index (κ2) is 6.44. The first-order valence-corrected chi connectivity index (χ1v) is 6.65. The van der Waals surface area contributed by atoms with Gasteiger partial charge in [0.2, 0.25) is 5.88 Å². The van der Waals surface area contributed by atoms with Crippen molar-refractivity contribution >= 4 is 34.8 Å². The van der Waals surface area contributed by atoms with E-state index in [1.807, 2.05) is 19.2 Å². The zero-order valence-corrected chi connectivity index (χ0v) is 12.4. The van der Waals surface area contributed by atoms with Crippen LogP contribution in [0.5, 0.6) is 11.6 Å². The summed E-state index contributed by atoms with van der Waals surface area (Å²) >= 11 is 17.8. The first-order valence-electron chi connectivity index (χ1n) is 5.52. The lowest BCUT2D eigenvalue weighted by molar-refractivity contribution is 0.462. The molecule has 3 nitrogen and oxygen atoms in total. The molecule has 0 atom stereocenters. The van der Waals surface area contributed by atoms with E-state index in [0.29, 0.717) is 26.7 Å². The molecule has 0 unspecified atom stereocenters. The number of pyridine rings is 1. The largest absolute Gasteiger partial charge is 0.437 e. The highest BCUT2D eigenvalue weighted by Gasteiger charge is 2.09. The molecule has 0 aliphatic carbocycles. The minimum atomic E-state index is 0.382. The third kappa shape index (κ3) is 3.74. The highest BCUT2D eigenvalue weighted by Crippen LogP contribution is 2.35. The van der Waals surface area contributed by atoms with Gasteiger partial charge in [-0.15, -0.1) is 0 Å². The monoisotopic (exact) mass is 316 g/mol. The summed E-state index contributed by atoms with van der Waals surface area (Å²) in [5.41, 5.74) is 1.06. The molecular formula is C13H11Cl3N2O. The van der Waals surface area contributed by atoms with E-state index in [4.69, 9.17) is 39.5 Å². The maximum atomic E-state index is 6.04. The van der Waals surface area contributed by atoms with Crippen LogP contribution in [0.25, 0.3) is 0 Å². The Morgan fingerprint density at radius 2 is 1.84 bits per heavy atom. The minimum Gasteiger partial charge on any atom is -0.437 e. The lowest BCUT2D eigenvalue weighted by Gasteiger charge is -2.09. The van der Waals surface area contributed by atoms with Crippen LogP contribution in [-0.4, -0.2) is 12.0 Å². The first kappa shape index (κ1) is 14.4. The van der Waals surface area contributed by atoms with Crippen molar-refractivity contribution in [2.75, 3.05) is 7.05 Å². The van der Waals surface area contributed by atoms with Gasteiger partial charge in [-0.1, -0.05) is 34.8 Å². The number of nitrogens with one attached hydrogen (secondary N) is 1. The molecule has 0 aliphatic rings. The van der Waals surface area contributed by atoms with Crippen molar-refractivity contribution in [2.45, 2.75) is 6.54 Å². The van der Waals surface area contributed by atoms with E-state index < -0.39 is 0 Å². The Morgan fingerprint density at radius 3 is 2.58 bits per heavy atom. The Balaban J connectivity index is 2.25. The molecule has 0 aliphatic heterocycles. The average molecular weight is 318 g/mol. The van der Waals surface area contributed by atoms with Crippen LogP contribution < -0.4 is 10.1 Å². The summed E-state index contributed by atoms with van der Waals surface area (Å²) < 4.78 is 5.62. The molecule has 0 bridgehead atoms. The SMILES string of the molecule is CNCc1ccnc(Oc2cc(Cl)c(Cl)cc2Cl)c1. The van der Waals surface area contributed by atoms with Gasteiger partial charge < -0.3 is 10.1 Å². The topological polar surface area (TPSA) is 34.2 Å². The fraction of sp³-hybridized carbons (Fsp3) is 0.154. The van der Waals surface area contributed by atoms with E-state index in [-0.39, 0.29) is 0 Å². The molecule has 0 radical (unpaired) electrons. The fourth-order valence-corrected chi connectivity index (χ4v) is 2.09. The summed E-state index contributed by atoms with van der Waals surface area (Å²) in [5, 5.41) is 4.21. The van der Waals surface area contributed by atoms with E-state index in [0.717, 1.165) is 12.1 Å². The molecule has 1 aromatic heterocycles. The molecular weight excluding hydrogens is 307 g/mol. The quantitative estimate of drug-likeness (QED) is 0.840. The van der Waals surface area contributed by atoms with Crippen LogP contribution in [0, 0.1) is 0 Å². The van der Waals surface area contributed by atoms with Gasteiger partial charge in [0.25, 0.3) is 0 Å². The van der Waals surface area contributed by atoms with E-state index in [2.05, 4.69) is 10.3 Å². The zero-order chi connectivity index (χ0) is 13.8. The highest BCUT2D eigenvalue weighted by atomic mass is 35.5. The standard InChI is InChI=1S/C13H11Cl3N2O/c1-17-7-8-2-3-18-13(4-8)19-12-6-10(15)9(14)5-11(12)16/h2-6,17H,7H2,1H3. The molecule has 6 heteroatoms. The summed E-state index contributed by atoms with van der Waals surface area (Å²) in [5.74, 6) is 0.873. The number of ether oxygens (including phenoxy) is 1.